The Kier molecular flexibility index (Phi) is 5.86. The number of ether oxygens (including phenoxy) is 1. The third-order valence-electron chi connectivity index (χ3n) is 4.11. The number of nitrogens with zero attached hydrogens (tertiary/aromatic N) is 3. The molecule has 1 aromatic heterocycles. The number of nitrogens with one attached hydrogen (secondary N) is 1. The smallest absolute Gasteiger partial charge is 0.137 e. The molecule has 0 saturated heterocycles. The van der Waals surface area contributed by atoms with E-state index in [2.05, 4.69) is 26.3 Å². The SMILES string of the molecule is CN(C)CCOc1ccccc1CCNc1ncnc2ccc(N)cc12. The molecule has 0 fully saturated rings. The second-order valence-corrected chi connectivity index (χ2v) is 6.44. The van der Waals surface area contributed by atoms with Gasteiger partial charge in [0.2, 0.25) is 0 Å². The Morgan fingerprint density at radius 1 is 1.12 bits per heavy atom. The number of aromatic nitrogens is 2. The van der Waals surface area contributed by atoms with E-state index in [-0.39, 0.29) is 0 Å². The number of rotatable bonds is 8. The van der Waals surface area contributed by atoms with Crippen molar-refractivity contribution in [3.8, 4) is 5.75 Å². The number of hydrogen-bond donors (Lipinski definition) is 2. The summed E-state index contributed by atoms with van der Waals surface area (Å²) in [6.45, 7) is 2.31. The van der Waals surface area contributed by atoms with Gasteiger partial charge in [0, 0.05) is 24.2 Å². The number of anilines is 2. The average molecular weight is 351 g/mol. The monoisotopic (exact) mass is 351 g/mol. The van der Waals surface area contributed by atoms with Crippen molar-refractivity contribution in [3.05, 3.63) is 54.4 Å². The molecule has 0 radical (unpaired) electrons. The van der Waals surface area contributed by atoms with Crippen molar-refractivity contribution in [1.29, 1.82) is 0 Å². The first kappa shape index (κ1) is 17.9. The van der Waals surface area contributed by atoms with E-state index >= 15 is 0 Å². The zero-order chi connectivity index (χ0) is 18.4. The van der Waals surface area contributed by atoms with Gasteiger partial charge in [0.15, 0.2) is 0 Å². The fourth-order valence-electron chi connectivity index (χ4n) is 2.72. The number of nitrogen functional groups attached to an aromatic ring is 1. The lowest BCUT2D eigenvalue weighted by molar-refractivity contribution is 0.259. The molecule has 0 aliphatic rings. The Hall–Kier alpha value is -2.86. The Morgan fingerprint density at radius 2 is 1.96 bits per heavy atom. The van der Waals surface area contributed by atoms with Gasteiger partial charge in [-0.3, -0.25) is 0 Å². The average Bonchev–Trinajstić information content (AvgIpc) is 2.63. The fourth-order valence-corrected chi connectivity index (χ4v) is 2.72. The highest BCUT2D eigenvalue weighted by Gasteiger charge is 2.06. The van der Waals surface area contributed by atoms with Gasteiger partial charge in [-0.25, -0.2) is 9.97 Å². The third kappa shape index (κ3) is 4.61. The predicted octanol–water partition coefficient (Wildman–Crippen LogP) is 2.81. The molecule has 2 aromatic carbocycles. The molecule has 136 valence electrons. The molecule has 3 aromatic rings. The largest absolute Gasteiger partial charge is 0.492 e. The Morgan fingerprint density at radius 3 is 2.81 bits per heavy atom. The number of fused-ring (bicyclic) bond motifs is 1. The number of nitrogens with two attached hydrogens (primary N) is 1. The maximum absolute atomic E-state index is 5.93. The van der Waals surface area contributed by atoms with Crippen molar-refractivity contribution >= 4 is 22.4 Å². The minimum Gasteiger partial charge on any atom is -0.492 e. The maximum Gasteiger partial charge on any atom is 0.137 e. The molecule has 1 heterocycles. The van der Waals surface area contributed by atoms with Crippen LogP contribution >= 0.6 is 0 Å². The summed E-state index contributed by atoms with van der Waals surface area (Å²) in [5, 5.41) is 4.33. The summed E-state index contributed by atoms with van der Waals surface area (Å²) < 4.78 is 5.93. The van der Waals surface area contributed by atoms with Crippen LogP contribution in [0.4, 0.5) is 11.5 Å². The van der Waals surface area contributed by atoms with Gasteiger partial charge in [-0.15, -0.1) is 0 Å². The Labute approximate surface area is 154 Å². The van der Waals surface area contributed by atoms with Crippen molar-refractivity contribution < 1.29 is 4.74 Å². The molecule has 6 nitrogen and oxygen atoms in total. The lowest BCUT2D eigenvalue weighted by atomic mass is 10.1. The van der Waals surface area contributed by atoms with Crippen LogP contribution in [0.1, 0.15) is 5.56 Å². The van der Waals surface area contributed by atoms with Crippen molar-refractivity contribution in [1.82, 2.24) is 14.9 Å². The van der Waals surface area contributed by atoms with Crippen LogP contribution in [-0.2, 0) is 6.42 Å². The molecule has 0 saturated carbocycles. The van der Waals surface area contributed by atoms with E-state index in [9.17, 15) is 0 Å². The van der Waals surface area contributed by atoms with Crippen LogP contribution in [0.3, 0.4) is 0 Å². The fraction of sp³-hybridized carbons (Fsp3) is 0.300. The third-order valence-corrected chi connectivity index (χ3v) is 4.11. The van der Waals surface area contributed by atoms with E-state index in [4.69, 9.17) is 10.5 Å². The zero-order valence-electron chi connectivity index (χ0n) is 15.3. The van der Waals surface area contributed by atoms with Crippen LogP contribution in [0.2, 0.25) is 0 Å². The van der Waals surface area contributed by atoms with E-state index < -0.39 is 0 Å². The van der Waals surface area contributed by atoms with Crippen LogP contribution in [-0.4, -0.2) is 48.7 Å². The van der Waals surface area contributed by atoms with Gasteiger partial charge in [0.25, 0.3) is 0 Å². The molecule has 0 aliphatic carbocycles. The van der Waals surface area contributed by atoms with Gasteiger partial charge in [0.05, 0.1) is 5.52 Å². The molecule has 0 aliphatic heterocycles. The van der Waals surface area contributed by atoms with Crippen LogP contribution in [0, 0.1) is 0 Å². The highest BCUT2D eigenvalue weighted by molar-refractivity contribution is 5.91. The molecular formula is C20H25N5O. The van der Waals surface area contributed by atoms with Crippen LogP contribution in [0.15, 0.2) is 48.8 Å². The molecule has 0 amide bonds. The summed E-state index contributed by atoms with van der Waals surface area (Å²) >= 11 is 0. The summed E-state index contributed by atoms with van der Waals surface area (Å²) in [5.74, 6) is 1.74. The summed E-state index contributed by atoms with van der Waals surface area (Å²) in [5.41, 5.74) is 8.66. The number of para-hydroxylation sites is 1. The molecule has 0 atom stereocenters. The van der Waals surface area contributed by atoms with Crippen LogP contribution in [0.5, 0.6) is 5.75 Å². The summed E-state index contributed by atoms with van der Waals surface area (Å²) in [6, 6.07) is 13.8. The Bertz CT molecular complexity index is 866. The quantitative estimate of drug-likeness (QED) is 0.608. The molecule has 6 heteroatoms. The lowest BCUT2D eigenvalue weighted by Crippen LogP contribution is -2.20. The minimum atomic E-state index is 0.674. The molecule has 3 rings (SSSR count). The summed E-state index contributed by atoms with van der Waals surface area (Å²) in [6.07, 6.45) is 2.41. The topological polar surface area (TPSA) is 76.3 Å². The van der Waals surface area contributed by atoms with Crippen molar-refractivity contribution in [2.45, 2.75) is 6.42 Å². The van der Waals surface area contributed by atoms with Crippen molar-refractivity contribution in [2.75, 3.05) is 44.8 Å². The lowest BCUT2D eigenvalue weighted by Gasteiger charge is -2.14. The first-order chi connectivity index (χ1) is 12.6. The molecule has 0 bridgehead atoms. The van der Waals surface area contributed by atoms with Gasteiger partial charge >= 0.3 is 0 Å². The molecular weight excluding hydrogens is 326 g/mol. The van der Waals surface area contributed by atoms with Crippen molar-refractivity contribution in [3.63, 3.8) is 0 Å². The van der Waals surface area contributed by atoms with Gasteiger partial charge in [-0.05, 0) is 50.3 Å². The second kappa shape index (κ2) is 8.49. The van der Waals surface area contributed by atoms with Gasteiger partial charge in [-0.2, -0.15) is 0 Å². The number of hydrogen-bond acceptors (Lipinski definition) is 6. The predicted molar refractivity (Wildman–Crippen MR) is 107 cm³/mol. The van der Waals surface area contributed by atoms with E-state index in [0.29, 0.717) is 12.3 Å². The minimum absolute atomic E-state index is 0.674. The van der Waals surface area contributed by atoms with Crippen LogP contribution < -0.4 is 15.8 Å². The maximum atomic E-state index is 5.93. The highest BCUT2D eigenvalue weighted by Crippen LogP contribution is 2.22. The van der Waals surface area contributed by atoms with Crippen molar-refractivity contribution in [2.24, 2.45) is 0 Å². The van der Waals surface area contributed by atoms with Gasteiger partial charge in [-0.1, -0.05) is 18.2 Å². The normalized spacial score (nSPS) is 11.0. The molecule has 0 unspecified atom stereocenters. The molecule has 3 N–H and O–H groups in total. The second-order valence-electron chi connectivity index (χ2n) is 6.44. The first-order valence-corrected chi connectivity index (χ1v) is 8.73. The highest BCUT2D eigenvalue weighted by atomic mass is 16.5. The van der Waals surface area contributed by atoms with E-state index in [0.717, 1.165) is 42.0 Å². The van der Waals surface area contributed by atoms with Crippen LogP contribution in [0.25, 0.3) is 10.9 Å². The van der Waals surface area contributed by atoms with E-state index in [1.165, 1.54) is 5.56 Å². The van der Waals surface area contributed by atoms with Gasteiger partial charge < -0.3 is 20.7 Å². The molecule has 0 spiro atoms. The standard InChI is InChI=1S/C20H25N5O/c1-25(2)11-12-26-19-6-4-3-5-15(19)9-10-22-20-17-13-16(21)7-8-18(17)23-14-24-20/h3-8,13-14H,9-12,21H2,1-2H3,(H,22,23,24). The van der Waals surface area contributed by atoms with E-state index in [1.807, 2.05) is 50.5 Å². The Balaban J connectivity index is 1.64. The van der Waals surface area contributed by atoms with Gasteiger partial charge in [0.1, 0.15) is 24.5 Å². The molecule has 26 heavy (non-hydrogen) atoms. The number of benzene rings is 2. The number of likely N-dealkylation sites (N-methyl/N-ethyl adjacent to an activating group) is 1. The summed E-state index contributed by atoms with van der Waals surface area (Å²) in [4.78, 5) is 10.7. The summed E-state index contributed by atoms with van der Waals surface area (Å²) in [7, 11) is 4.08. The first-order valence-electron chi connectivity index (χ1n) is 8.73. The zero-order valence-corrected chi connectivity index (χ0v) is 15.3. The van der Waals surface area contributed by atoms with E-state index in [1.54, 1.807) is 6.33 Å².